The molecule has 0 fully saturated rings. The van der Waals surface area contributed by atoms with Gasteiger partial charge in [-0.2, -0.15) is 0 Å². The highest BCUT2D eigenvalue weighted by atomic mass is 16.5. The van der Waals surface area contributed by atoms with Crippen LogP contribution in [0.1, 0.15) is 29.3 Å². The van der Waals surface area contributed by atoms with Crippen molar-refractivity contribution in [2.75, 3.05) is 0 Å². The Morgan fingerprint density at radius 1 is 1.57 bits per heavy atom. The number of carbonyl (C=O) groups is 1. The molecule has 1 unspecified atom stereocenters. The van der Waals surface area contributed by atoms with Crippen LogP contribution < -0.4 is 4.74 Å². The molecule has 0 spiro atoms. The van der Waals surface area contributed by atoms with Gasteiger partial charge in [-0.05, 0) is 31.4 Å². The van der Waals surface area contributed by atoms with E-state index in [4.69, 9.17) is 9.84 Å². The van der Waals surface area contributed by atoms with E-state index in [9.17, 15) is 4.79 Å². The molecule has 1 aliphatic heterocycles. The molecule has 0 saturated heterocycles. The Morgan fingerprint density at radius 3 is 3.07 bits per heavy atom. The van der Waals surface area contributed by atoms with Gasteiger partial charge in [0.05, 0.1) is 6.10 Å². The lowest BCUT2D eigenvalue weighted by Gasteiger charge is -2.24. The Bertz CT molecular complexity index is 371. The summed E-state index contributed by atoms with van der Waals surface area (Å²) in [6.07, 6.45) is 1.97. The van der Waals surface area contributed by atoms with Crippen molar-refractivity contribution < 1.29 is 14.6 Å². The second-order valence-corrected chi connectivity index (χ2v) is 3.57. The summed E-state index contributed by atoms with van der Waals surface area (Å²) in [4.78, 5) is 10.9. The highest BCUT2D eigenvalue weighted by Gasteiger charge is 2.21. The second kappa shape index (κ2) is 3.33. The van der Waals surface area contributed by atoms with Crippen LogP contribution >= 0.6 is 0 Å². The lowest BCUT2D eigenvalue weighted by molar-refractivity contribution is 0.0687. The Morgan fingerprint density at radius 2 is 2.36 bits per heavy atom. The zero-order chi connectivity index (χ0) is 10.1. The van der Waals surface area contributed by atoms with E-state index in [-0.39, 0.29) is 11.7 Å². The van der Waals surface area contributed by atoms with Gasteiger partial charge in [0.2, 0.25) is 0 Å². The number of aromatic carboxylic acids is 1. The number of rotatable bonds is 1. The largest absolute Gasteiger partial charge is 0.490 e. The summed E-state index contributed by atoms with van der Waals surface area (Å²) in [5.74, 6) is -0.366. The van der Waals surface area contributed by atoms with Crippen molar-refractivity contribution in [3.8, 4) is 5.75 Å². The van der Waals surface area contributed by atoms with Crippen molar-refractivity contribution >= 4 is 5.97 Å². The summed E-state index contributed by atoms with van der Waals surface area (Å²) in [5.41, 5.74) is 1.28. The fourth-order valence-electron chi connectivity index (χ4n) is 1.71. The molecule has 1 N–H and O–H groups in total. The molecule has 14 heavy (non-hydrogen) atoms. The summed E-state index contributed by atoms with van der Waals surface area (Å²) < 4.78 is 5.54. The molecule has 0 aliphatic carbocycles. The van der Waals surface area contributed by atoms with Crippen molar-refractivity contribution in [2.45, 2.75) is 25.9 Å². The maximum absolute atomic E-state index is 10.9. The van der Waals surface area contributed by atoms with Gasteiger partial charge in [-0.1, -0.05) is 12.1 Å². The van der Waals surface area contributed by atoms with Crippen LogP contribution in [-0.4, -0.2) is 17.2 Å². The van der Waals surface area contributed by atoms with E-state index in [0.717, 1.165) is 18.4 Å². The Labute approximate surface area is 82.3 Å². The number of hydrogen-bond donors (Lipinski definition) is 1. The molecule has 2 rings (SSSR count). The quantitative estimate of drug-likeness (QED) is 0.741. The number of ether oxygens (including phenoxy) is 1. The normalized spacial score (nSPS) is 19.6. The molecule has 1 aromatic carbocycles. The van der Waals surface area contributed by atoms with Crippen LogP contribution in [0.3, 0.4) is 0 Å². The van der Waals surface area contributed by atoms with Crippen LogP contribution in [0.25, 0.3) is 0 Å². The average molecular weight is 192 g/mol. The van der Waals surface area contributed by atoms with Crippen molar-refractivity contribution in [1.82, 2.24) is 0 Å². The van der Waals surface area contributed by atoms with Gasteiger partial charge in [0, 0.05) is 0 Å². The predicted octanol–water partition coefficient (Wildman–Crippen LogP) is 2.10. The summed E-state index contributed by atoms with van der Waals surface area (Å²) in [6.45, 7) is 1.96. The topological polar surface area (TPSA) is 46.5 Å². The molecule has 0 aromatic heterocycles. The van der Waals surface area contributed by atoms with Crippen LogP contribution in [0.2, 0.25) is 0 Å². The van der Waals surface area contributed by atoms with Crippen LogP contribution in [0.4, 0.5) is 0 Å². The summed E-state index contributed by atoms with van der Waals surface area (Å²) in [5, 5.41) is 8.95. The smallest absolute Gasteiger partial charge is 0.339 e. The average Bonchev–Trinajstić information content (AvgIpc) is 2.16. The van der Waals surface area contributed by atoms with Crippen molar-refractivity contribution in [3.63, 3.8) is 0 Å². The van der Waals surface area contributed by atoms with Crippen LogP contribution in [0.5, 0.6) is 5.75 Å². The number of hydrogen-bond acceptors (Lipinski definition) is 2. The molecule has 1 aliphatic rings. The highest BCUT2D eigenvalue weighted by molar-refractivity contribution is 5.91. The van der Waals surface area contributed by atoms with E-state index in [1.54, 1.807) is 12.1 Å². The zero-order valence-electron chi connectivity index (χ0n) is 7.99. The van der Waals surface area contributed by atoms with Gasteiger partial charge in [0.15, 0.2) is 0 Å². The standard InChI is InChI=1S/C11H12O3/c1-7-5-6-8-3-2-4-9(11(12)13)10(8)14-7/h2-4,7H,5-6H2,1H3,(H,12,13). The summed E-state index contributed by atoms with van der Waals surface area (Å²) >= 11 is 0. The lowest BCUT2D eigenvalue weighted by atomic mass is 10.00. The zero-order valence-corrected chi connectivity index (χ0v) is 7.99. The number of aryl methyl sites for hydroxylation is 1. The third-order valence-electron chi connectivity index (χ3n) is 2.47. The SMILES string of the molecule is CC1CCc2cccc(C(=O)O)c2O1. The third kappa shape index (κ3) is 1.45. The molecule has 0 amide bonds. The monoisotopic (exact) mass is 192 g/mol. The summed E-state index contributed by atoms with van der Waals surface area (Å²) in [6, 6.07) is 5.27. The van der Waals surface area contributed by atoms with Gasteiger partial charge >= 0.3 is 5.97 Å². The molecular weight excluding hydrogens is 180 g/mol. The number of para-hydroxylation sites is 1. The van der Waals surface area contributed by atoms with Gasteiger partial charge < -0.3 is 9.84 Å². The number of carboxylic acid groups (broad SMARTS) is 1. The maximum Gasteiger partial charge on any atom is 0.339 e. The fourth-order valence-corrected chi connectivity index (χ4v) is 1.71. The van der Waals surface area contributed by atoms with Gasteiger partial charge in [0.25, 0.3) is 0 Å². The minimum absolute atomic E-state index is 0.114. The first-order chi connectivity index (χ1) is 6.68. The van der Waals surface area contributed by atoms with E-state index >= 15 is 0 Å². The van der Waals surface area contributed by atoms with Gasteiger partial charge in [0.1, 0.15) is 11.3 Å². The van der Waals surface area contributed by atoms with Crippen molar-refractivity contribution in [1.29, 1.82) is 0 Å². The highest BCUT2D eigenvalue weighted by Crippen LogP contribution is 2.31. The number of benzene rings is 1. The molecular formula is C11H12O3. The fraction of sp³-hybridized carbons (Fsp3) is 0.364. The first kappa shape index (κ1) is 9.06. The maximum atomic E-state index is 10.9. The van der Waals surface area contributed by atoms with Gasteiger partial charge in [-0.15, -0.1) is 0 Å². The second-order valence-electron chi connectivity index (χ2n) is 3.57. The molecule has 1 heterocycles. The lowest BCUT2D eigenvalue weighted by Crippen LogP contribution is -2.20. The van der Waals surface area contributed by atoms with E-state index < -0.39 is 5.97 Å². The molecule has 0 saturated carbocycles. The Hall–Kier alpha value is -1.51. The number of carboxylic acids is 1. The predicted molar refractivity (Wildman–Crippen MR) is 51.8 cm³/mol. The summed E-state index contributed by atoms with van der Waals surface area (Å²) in [7, 11) is 0. The van der Waals surface area contributed by atoms with Gasteiger partial charge in [-0.3, -0.25) is 0 Å². The van der Waals surface area contributed by atoms with Crippen LogP contribution in [0, 0.1) is 0 Å². The first-order valence-electron chi connectivity index (χ1n) is 4.70. The Kier molecular flexibility index (Phi) is 2.15. The van der Waals surface area contributed by atoms with Crippen LogP contribution in [-0.2, 0) is 6.42 Å². The van der Waals surface area contributed by atoms with Crippen molar-refractivity contribution in [2.24, 2.45) is 0 Å². The molecule has 3 nitrogen and oxygen atoms in total. The third-order valence-corrected chi connectivity index (χ3v) is 2.47. The number of fused-ring (bicyclic) bond motifs is 1. The molecule has 74 valence electrons. The minimum Gasteiger partial charge on any atom is -0.490 e. The van der Waals surface area contributed by atoms with Crippen molar-refractivity contribution in [3.05, 3.63) is 29.3 Å². The molecule has 0 bridgehead atoms. The first-order valence-corrected chi connectivity index (χ1v) is 4.70. The van der Waals surface area contributed by atoms with E-state index in [2.05, 4.69) is 0 Å². The van der Waals surface area contributed by atoms with Crippen LogP contribution in [0.15, 0.2) is 18.2 Å². The van der Waals surface area contributed by atoms with E-state index in [1.807, 2.05) is 13.0 Å². The Balaban J connectivity index is 2.48. The minimum atomic E-state index is -0.920. The molecule has 1 atom stereocenters. The van der Waals surface area contributed by atoms with E-state index in [0.29, 0.717) is 5.75 Å². The molecule has 0 radical (unpaired) electrons. The molecule has 1 aromatic rings. The molecule has 3 heteroatoms. The van der Waals surface area contributed by atoms with Gasteiger partial charge in [-0.25, -0.2) is 4.79 Å². The van der Waals surface area contributed by atoms with E-state index in [1.165, 1.54) is 0 Å².